The van der Waals surface area contributed by atoms with Crippen LogP contribution in [0.4, 0.5) is 5.82 Å². The highest BCUT2D eigenvalue weighted by molar-refractivity contribution is 7.89. The fourth-order valence-electron chi connectivity index (χ4n) is 5.23. The van der Waals surface area contributed by atoms with E-state index in [0.29, 0.717) is 22.7 Å². The molecule has 0 radical (unpaired) electrons. The highest BCUT2D eigenvalue weighted by Gasteiger charge is 2.32. The van der Waals surface area contributed by atoms with E-state index in [1.54, 1.807) is 12.1 Å². The molecular formula is C26H35ClN4O4S. The lowest BCUT2D eigenvalue weighted by molar-refractivity contribution is 0.139. The highest BCUT2D eigenvalue weighted by atomic mass is 35.5. The van der Waals surface area contributed by atoms with Crippen molar-refractivity contribution in [3.63, 3.8) is 0 Å². The molecule has 0 spiro atoms. The van der Waals surface area contributed by atoms with Crippen molar-refractivity contribution in [1.29, 1.82) is 0 Å². The molecule has 36 heavy (non-hydrogen) atoms. The van der Waals surface area contributed by atoms with Gasteiger partial charge in [0.1, 0.15) is 10.6 Å². The van der Waals surface area contributed by atoms with Gasteiger partial charge in [0.05, 0.1) is 13.7 Å². The van der Waals surface area contributed by atoms with Gasteiger partial charge in [0.2, 0.25) is 10.0 Å². The molecule has 1 N–H and O–H groups in total. The molecule has 0 bridgehead atoms. The lowest BCUT2D eigenvalue weighted by atomic mass is 9.90. The first-order chi connectivity index (χ1) is 17.4. The maximum Gasteiger partial charge on any atom is 0.244 e. The third-order valence-corrected chi connectivity index (χ3v) is 9.26. The van der Waals surface area contributed by atoms with Gasteiger partial charge in [-0.3, -0.25) is 4.90 Å². The molecule has 0 atom stereocenters. The van der Waals surface area contributed by atoms with Gasteiger partial charge in [0.25, 0.3) is 0 Å². The number of rotatable bonds is 9. The average molecular weight is 535 g/mol. The standard InChI is InChI=1S/C26H35ClN4O4S/c1-34-23-11-6-20(27)17-25(23)36(32,33)29-21-7-9-22(10-8-21)30-13-15-31(16-14-30)26-24(3-2-12-28-26)35-18-19-4-5-19/h2-3,6,11-12,17,19,21-22,29H,4-5,7-10,13-16,18H2,1H3/t21-,22+. The highest BCUT2D eigenvalue weighted by Crippen LogP contribution is 2.33. The molecule has 8 nitrogen and oxygen atoms in total. The van der Waals surface area contributed by atoms with Crippen LogP contribution in [0.1, 0.15) is 38.5 Å². The van der Waals surface area contributed by atoms with E-state index in [2.05, 4.69) is 19.5 Å². The van der Waals surface area contributed by atoms with Crippen LogP contribution in [0.15, 0.2) is 41.4 Å². The molecule has 1 aliphatic heterocycles. The summed E-state index contributed by atoms with van der Waals surface area (Å²) >= 11 is 6.05. The molecule has 0 unspecified atom stereocenters. The molecule has 3 fully saturated rings. The van der Waals surface area contributed by atoms with Crippen LogP contribution in [-0.2, 0) is 10.0 Å². The van der Waals surface area contributed by atoms with Crippen LogP contribution < -0.4 is 19.1 Å². The molecule has 10 heteroatoms. The Labute approximate surface area is 219 Å². The van der Waals surface area contributed by atoms with E-state index in [9.17, 15) is 8.42 Å². The number of piperazine rings is 1. The van der Waals surface area contributed by atoms with Crippen molar-refractivity contribution in [2.75, 3.05) is 44.8 Å². The molecule has 0 amide bonds. The third-order valence-electron chi connectivity index (χ3n) is 7.49. The summed E-state index contributed by atoms with van der Waals surface area (Å²) in [7, 11) is -2.25. The molecule has 2 aromatic rings. The van der Waals surface area contributed by atoms with Gasteiger partial charge in [0, 0.05) is 49.5 Å². The summed E-state index contributed by atoms with van der Waals surface area (Å²) < 4.78 is 40.2. The van der Waals surface area contributed by atoms with Crippen molar-refractivity contribution >= 4 is 27.4 Å². The number of aromatic nitrogens is 1. The monoisotopic (exact) mass is 534 g/mol. The van der Waals surface area contributed by atoms with E-state index in [0.717, 1.165) is 70.0 Å². The quantitative estimate of drug-likeness (QED) is 0.521. The van der Waals surface area contributed by atoms with Gasteiger partial charge in [-0.2, -0.15) is 0 Å². The first-order valence-electron chi connectivity index (χ1n) is 12.9. The Kier molecular flexibility index (Phi) is 7.90. The van der Waals surface area contributed by atoms with Gasteiger partial charge in [-0.15, -0.1) is 0 Å². The normalized spacial score (nSPS) is 23.4. The van der Waals surface area contributed by atoms with Crippen LogP contribution in [0.3, 0.4) is 0 Å². The van der Waals surface area contributed by atoms with Crippen LogP contribution >= 0.6 is 11.6 Å². The summed E-state index contributed by atoms with van der Waals surface area (Å²) in [5, 5.41) is 0.367. The van der Waals surface area contributed by atoms with E-state index in [1.807, 2.05) is 18.3 Å². The van der Waals surface area contributed by atoms with Crippen molar-refractivity contribution in [3.05, 3.63) is 41.6 Å². The number of anilines is 1. The average Bonchev–Trinajstić information content (AvgIpc) is 3.73. The molecular weight excluding hydrogens is 500 g/mol. The molecule has 2 heterocycles. The van der Waals surface area contributed by atoms with E-state index < -0.39 is 10.0 Å². The van der Waals surface area contributed by atoms with Crippen LogP contribution in [-0.4, -0.2) is 70.3 Å². The zero-order chi connectivity index (χ0) is 25.1. The van der Waals surface area contributed by atoms with Crippen molar-refractivity contribution in [2.45, 2.75) is 55.5 Å². The fourth-order valence-corrected chi connectivity index (χ4v) is 6.96. The Morgan fingerprint density at radius 2 is 1.78 bits per heavy atom. The summed E-state index contributed by atoms with van der Waals surface area (Å²) in [5.41, 5.74) is 0. The number of halogens is 1. The number of sulfonamides is 1. The lowest BCUT2D eigenvalue weighted by Gasteiger charge is -2.42. The number of hydrogen-bond acceptors (Lipinski definition) is 7. The first-order valence-corrected chi connectivity index (χ1v) is 14.7. The lowest BCUT2D eigenvalue weighted by Crippen LogP contribution is -2.52. The second-order valence-corrected chi connectivity index (χ2v) is 12.1. The van der Waals surface area contributed by atoms with Crippen molar-refractivity contribution < 1.29 is 17.9 Å². The summed E-state index contributed by atoms with van der Waals surface area (Å²) in [4.78, 5) is 9.59. The van der Waals surface area contributed by atoms with Crippen LogP contribution in [0.2, 0.25) is 5.02 Å². The largest absolute Gasteiger partial charge is 0.495 e. The molecule has 196 valence electrons. The number of nitrogens with zero attached hydrogens (tertiary/aromatic N) is 3. The van der Waals surface area contributed by atoms with E-state index in [-0.39, 0.29) is 10.9 Å². The number of pyridine rings is 1. The predicted molar refractivity (Wildman–Crippen MR) is 141 cm³/mol. The number of ether oxygens (including phenoxy) is 2. The Bertz CT molecular complexity index is 1140. The predicted octanol–water partition coefficient (Wildman–Crippen LogP) is 3.94. The molecule has 1 aromatic carbocycles. The summed E-state index contributed by atoms with van der Waals surface area (Å²) in [6.45, 7) is 4.56. The summed E-state index contributed by atoms with van der Waals surface area (Å²) in [6.07, 6.45) is 7.95. The van der Waals surface area contributed by atoms with Crippen LogP contribution in [0.25, 0.3) is 0 Å². The Morgan fingerprint density at radius 1 is 1.03 bits per heavy atom. The third kappa shape index (κ3) is 6.07. The van der Waals surface area contributed by atoms with E-state index in [4.69, 9.17) is 21.1 Å². The zero-order valence-corrected chi connectivity index (χ0v) is 22.3. The molecule has 5 rings (SSSR count). The van der Waals surface area contributed by atoms with Crippen molar-refractivity contribution in [2.24, 2.45) is 5.92 Å². The maximum absolute atomic E-state index is 13.0. The number of hydrogen-bond donors (Lipinski definition) is 1. The minimum atomic E-state index is -3.71. The first kappa shape index (κ1) is 25.6. The van der Waals surface area contributed by atoms with E-state index >= 15 is 0 Å². The molecule has 1 saturated heterocycles. The second-order valence-electron chi connectivity index (χ2n) is 10.0. The SMILES string of the molecule is COc1ccc(Cl)cc1S(=O)(=O)N[C@H]1CC[C@@H](N2CCN(c3ncccc3OCC3CC3)CC2)CC1. The summed E-state index contributed by atoms with van der Waals surface area (Å²) in [5.74, 6) is 2.85. The molecule has 2 aliphatic carbocycles. The van der Waals surface area contributed by atoms with Gasteiger partial charge >= 0.3 is 0 Å². The number of methoxy groups -OCH3 is 1. The topological polar surface area (TPSA) is 84.0 Å². The molecule has 2 saturated carbocycles. The van der Waals surface area contributed by atoms with Crippen molar-refractivity contribution in [1.82, 2.24) is 14.6 Å². The van der Waals surface area contributed by atoms with Gasteiger partial charge in [0.15, 0.2) is 11.6 Å². The Morgan fingerprint density at radius 3 is 2.47 bits per heavy atom. The minimum Gasteiger partial charge on any atom is -0.495 e. The van der Waals surface area contributed by atoms with Gasteiger partial charge in [-0.1, -0.05) is 11.6 Å². The Hall–Kier alpha value is -2.07. The molecule has 1 aromatic heterocycles. The van der Waals surface area contributed by atoms with Gasteiger partial charge in [-0.05, 0) is 74.8 Å². The minimum absolute atomic E-state index is 0.0871. The van der Waals surface area contributed by atoms with Gasteiger partial charge in [-0.25, -0.2) is 18.1 Å². The van der Waals surface area contributed by atoms with Gasteiger partial charge < -0.3 is 14.4 Å². The maximum atomic E-state index is 13.0. The fraction of sp³-hybridized carbons (Fsp3) is 0.577. The van der Waals surface area contributed by atoms with Crippen molar-refractivity contribution in [3.8, 4) is 11.5 Å². The summed E-state index contributed by atoms with van der Waals surface area (Å²) in [6, 6.07) is 9.01. The number of benzene rings is 1. The number of nitrogens with one attached hydrogen (secondary N) is 1. The second kappa shape index (κ2) is 11.1. The smallest absolute Gasteiger partial charge is 0.244 e. The Balaban J connectivity index is 1.12. The van der Waals surface area contributed by atoms with Crippen LogP contribution in [0.5, 0.6) is 11.5 Å². The zero-order valence-electron chi connectivity index (χ0n) is 20.7. The van der Waals surface area contributed by atoms with E-state index in [1.165, 1.54) is 26.0 Å². The molecule has 3 aliphatic rings. The van der Waals surface area contributed by atoms with Crippen LogP contribution in [0, 0.1) is 5.92 Å².